The van der Waals surface area contributed by atoms with Crippen LogP contribution in [-0.4, -0.2) is 24.4 Å². The molecule has 0 unspecified atom stereocenters. The lowest BCUT2D eigenvalue weighted by Gasteiger charge is -2.02. The molecule has 0 aliphatic heterocycles. The Labute approximate surface area is 126 Å². The lowest BCUT2D eigenvalue weighted by atomic mass is 10.3. The number of hydrogen-bond acceptors (Lipinski definition) is 4. The van der Waals surface area contributed by atoms with E-state index in [9.17, 15) is 0 Å². The summed E-state index contributed by atoms with van der Waals surface area (Å²) < 4.78 is 9.33. The number of aromatic nitrogens is 5. The van der Waals surface area contributed by atoms with Crippen molar-refractivity contribution in [3.8, 4) is 11.7 Å². The number of ether oxygens (including phenoxy) is 1. The number of hydrogen-bond donors (Lipinski definition) is 0. The Morgan fingerprint density at radius 3 is 2.64 bits per heavy atom. The third kappa shape index (κ3) is 2.31. The van der Waals surface area contributed by atoms with Gasteiger partial charge in [-0.3, -0.25) is 4.40 Å². The Morgan fingerprint density at radius 1 is 0.864 bits per heavy atom. The lowest BCUT2D eigenvalue weighted by molar-refractivity contribution is 0.272. The van der Waals surface area contributed by atoms with Crippen LogP contribution in [0.2, 0.25) is 0 Å². The average Bonchev–Trinajstić information content (AvgIpc) is 3.21. The quantitative estimate of drug-likeness (QED) is 0.579. The van der Waals surface area contributed by atoms with Gasteiger partial charge in [0.2, 0.25) is 0 Å². The highest BCUT2D eigenvalue weighted by Gasteiger charge is 2.07. The second-order valence-electron chi connectivity index (χ2n) is 4.79. The summed E-state index contributed by atoms with van der Waals surface area (Å²) in [6.07, 6.45) is 3.78. The Balaban J connectivity index is 1.52. The molecule has 0 aliphatic rings. The van der Waals surface area contributed by atoms with E-state index >= 15 is 0 Å². The van der Waals surface area contributed by atoms with Crippen LogP contribution in [0.3, 0.4) is 0 Å². The zero-order valence-electron chi connectivity index (χ0n) is 11.7. The van der Waals surface area contributed by atoms with Crippen molar-refractivity contribution in [2.75, 3.05) is 0 Å². The van der Waals surface area contributed by atoms with Crippen LogP contribution in [0.25, 0.3) is 11.3 Å². The van der Waals surface area contributed by atoms with Crippen LogP contribution in [0.15, 0.2) is 67.0 Å². The first-order valence-electron chi connectivity index (χ1n) is 6.93. The minimum Gasteiger partial charge on any atom is -0.457 e. The molecule has 3 aromatic heterocycles. The third-order valence-corrected chi connectivity index (χ3v) is 3.30. The molecule has 108 valence electrons. The minimum absolute atomic E-state index is 0.343. The molecule has 0 saturated carbocycles. The van der Waals surface area contributed by atoms with Gasteiger partial charge in [-0.25, -0.2) is 4.68 Å². The van der Waals surface area contributed by atoms with E-state index in [2.05, 4.69) is 15.3 Å². The fourth-order valence-corrected chi connectivity index (χ4v) is 2.22. The van der Waals surface area contributed by atoms with E-state index < -0.39 is 0 Å². The molecule has 0 aliphatic carbocycles. The minimum atomic E-state index is 0.343. The Kier molecular flexibility index (Phi) is 3.05. The Bertz CT molecular complexity index is 897. The first-order valence-corrected chi connectivity index (χ1v) is 6.93. The molecule has 6 nitrogen and oxygen atoms in total. The smallest absolute Gasteiger partial charge is 0.321 e. The summed E-state index contributed by atoms with van der Waals surface area (Å²) in [7, 11) is 0. The summed E-state index contributed by atoms with van der Waals surface area (Å²) >= 11 is 0. The van der Waals surface area contributed by atoms with Gasteiger partial charge in [-0.1, -0.05) is 29.4 Å². The second kappa shape index (κ2) is 5.33. The molecule has 22 heavy (non-hydrogen) atoms. The van der Waals surface area contributed by atoms with Gasteiger partial charge in [0, 0.05) is 12.4 Å². The van der Waals surface area contributed by atoms with E-state index in [1.807, 2.05) is 71.7 Å². The number of fused-ring (bicyclic) bond motifs is 1. The van der Waals surface area contributed by atoms with Crippen molar-refractivity contribution in [3.05, 3.63) is 72.7 Å². The highest BCUT2D eigenvalue weighted by molar-refractivity contribution is 5.38. The number of pyridine rings is 1. The summed E-state index contributed by atoms with van der Waals surface area (Å²) in [5, 5.41) is 12.6. The maximum absolute atomic E-state index is 5.71. The standard InChI is InChI=1S/C16H13N5O/c1-2-6-14(7-3-1)21-11-9-13(19-21)12-22-16-18-17-15-8-4-5-10-20(15)16/h1-11H,12H2. The van der Waals surface area contributed by atoms with Gasteiger partial charge < -0.3 is 4.74 Å². The number of nitrogens with zero attached hydrogens (tertiary/aromatic N) is 5. The van der Waals surface area contributed by atoms with Crippen LogP contribution in [-0.2, 0) is 6.61 Å². The molecule has 0 saturated heterocycles. The summed E-state index contributed by atoms with van der Waals surface area (Å²) in [4.78, 5) is 0. The van der Waals surface area contributed by atoms with Gasteiger partial charge in [-0.15, -0.1) is 5.10 Å². The SMILES string of the molecule is c1ccc(-n2ccc(COc3nnc4ccccn34)n2)cc1. The fourth-order valence-electron chi connectivity index (χ4n) is 2.22. The molecule has 4 rings (SSSR count). The van der Waals surface area contributed by atoms with Gasteiger partial charge in [0.05, 0.1) is 5.69 Å². The Hall–Kier alpha value is -3.15. The summed E-state index contributed by atoms with van der Waals surface area (Å²) in [6.45, 7) is 0.343. The normalized spacial score (nSPS) is 10.9. The zero-order valence-corrected chi connectivity index (χ0v) is 11.7. The molecule has 1 aromatic carbocycles. The molecule has 0 amide bonds. The van der Waals surface area contributed by atoms with Crippen molar-refractivity contribution in [2.24, 2.45) is 0 Å². The third-order valence-electron chi connectivity index (χ3n) is 3.30. The summed E-state index contributed by atoms with van der Waals surface area (Å²) in [5.74, 6) is 0. The molecule has 0 atom stereocenters. The van der Waals surface area contributed by atoms with E-state index in [1.54, 1.807) is 4.40 Å². The van der Waals surface area contributed by atoms with Gasteiger partial charge in [0.1, 0.15) is 12.3 Å². The first-order chi connectivity index (χ1) is 10.9. The molecule has 3 heterocycles. The largest absolute Gasteiger partial charge is 0.457 e. The highest BCUT2D eigenvalue weighted by atomic mass is 16.5. The topological polar surface area (TPSA) is 57.2 Å². The van der Waals surface area contributed by atoms with Crippen molar-refractivity contribution >= 4 is 5.65 Å². The molecule has 4 aromatic rings. The predicted molar refractivity (Wildman–Crippen MR) is 80.9 cm³/mol. The van der Waals surface area contributed by atoms with E-state index in [-0.39, 0.29) is 0 Å². The zero-order chi connectivity index (χ0) is 14.8. The maximum Gasteiger partial charge on any atom is 0.321 e. The van der Waals surface area contributed by atoms with Gasteiger partial charge in [-0.2, -0.15) is 5.10 Å². The van der Waals surface area contributed by atoms with Gasteiger partial charge >= 0.3 is 6.01 Å². The van der Waals surface area contributed by atoms with Crippen molar-refractivity contribution in [2.45, 2.75) is 6.61 Å². The number of benzene rings is 1. The summed E-state index contributed by atoms with van der Waals surface area (Å²) in [6, 6.07) is 18.0. The van der Waals surface area contributed by atoms with Crippen molar-refractivity contribution in [1.29, 1.82) is 0 Å². The van der Waals surface area contributed by atoms with Gasteiger partial charge in [0.15, 0.2) is 5.65 Å². The molecular weight excluding hydrogens is 278 g/mol. The molecular formula is C16H13N5O. The number of para-hydroxylation sites is 1. The monoisotopic (exact) mass is 291 g/mol. The molecule has 0 spiro atoms. The van der Waals surface area contributed by atoms with Crippen LogP contribution < -0.4 is 4.74 Å². The lowest BCUT2D eigenvalue weighted by Crippen LogP contribution is -2.01. The predicted octanol–water partition coefficient (Wildman–Crippen LogP) is 2.49. The molecule has 0 fully saturated rings. The van der Waals surface area contributed by atoms with Gasteiger partial charge in [0.25, 0.3) is 0 Å². The highest BCUT2D eigenvalue weighted by Crippen LogP contribution is 2.12. The van der Waals surface area contributed by atoms with Crippen molar-refractivity contribution in [3.63, 3.8) is 0 Å². The van der Waals surface area contributed by atoms with Crippen LogP contribution in [0.1, 0.15) is 5.69 Å². The molecule has 0 bridgehead atoms. The maximum atomic E-state index is 5.71. The number of rotatable bonds is 4. The van der Waals surface area contributed by atoms with E-state index in [4.69, 9.17) is 4.74 Å². The van der Waals surface area contributed by atoms with Crippen LogP contribution >= 0.6 is 0 Å². The second-order valence-corrected chi connectivity index (χ2v) is 4.79. The average molecular weight is 291 g/mol. The fraction of sp³-hybridized carbons (Fsp3) is 0.0625. The molecule has 6 heteroatoms. The van der Waals surface area contributed by atoms with Crippen molar-refractivity contribution in [1.82, 2.24) is 24.4 Å². The van der Waals surface area contributed by atoms with Crippen LogP contribution in [0, 0.1) is 0 Å². The van der Waals surface area contributed by atoms with Crippen LogP contribution in [0.4, 0.5) is 0 Å². The molecule has 0 N–H and O–H groups in total. The Morgan fingerprint density at radius 2 is 1.73 bits per heavy atom. The van der Waals surface area contributed by atoms with E-state index in [1.165, 1.54) is 0 Å². The van der Waals surface area contributed by atoms with Crippen LogP contribution in [0.5, 0.6) is 6.01 Å². The van der Waals surface area contributed by atoms with Gasteiger partial charge in [-0.05, 0) is 30.3 Å². The molecule has 0 radical (unpaired) electrons. The first kappa shape index (κ1) is 12.6. The van der Waals surface area contributed by atoms with Crippen molar-refractivity contribution < 1.29 is 4.74 Å². The summed E-state index contributed by atoms with van der Waals surface area (Å²) in [5.41, 5.74) is 2.60. The van der Waals surface area contributed by atoms with E-state index in [0.29, 0.717) is 12.6 Å². The van der Waals surface area contributed by atoms with E-state index in [0.717, 1.165) is 17.0 Å².